The molecular weight excluding hydrogens is 330 g/mol. The smallest absolute Gasteiger partial charge is 0.308 e. The highest BCUT2D eigenvalue weighted by Gasteiger charge is 2.12. The van der Waals surface area contributed by atoms with Gasteiger partial charge in [-0.05, 0) is 25.1 Å². The second kappa shape index (κ2) is 7.15. The van der Waals surface area contributed by atoms with Gasteiger partial charge in [0, 0.05) is 21.2 Å². The van der Waals surface area contributed by atoms with Gasteiger partial charge in [0.2, 0.25) is 0 Å². The molecule has 0 unspecified atom stereocenters. The van der Waals surface area contributed by atoms with Gasteiger partial charge in [-0.3, -0.25) is 4.79 Å². The van der Waals surface area contributed by atoms with Crippen LogP contribution in [-0.4, -0.2) is 23.2 Å². The van der Waals surface area contributed by atoms with Crippen molar-refractivity contribution in [3.05, 3.63) is 39.4 Å². The van der Waals surface area contributed by atoms with Crippen molar-refractivity contribution in [2.75, 3.05) is 7.11 Å². The molecule has 0 radical (unpaired) electrons. The molecule has 112 valence electrons. The van der Waals surface area contributed by atoms with E-state index in [-0.39, 0.29) is 6.42 Å². The summed E-state index contributed by atoms with van der Waals surface area (Å²) in [5, 5.41) is 9.51. The lowest BCUT2D eigenvalue weighted by Gasteiger charge is -2.07. The molecule has 2 aromatic rings. The molecule has 0 saturated heterocycles. The number of aromatic nitrogens is 1. The van der Waals surface area contributed by atoms with Gasteiger partial charge in [-0.2, -0.15) is 0 Å². The zero-order valence-electron chi connectivity index (χ0n) is 11.6. The summed E-state index contributed by atoms with van der Waals surface area (Å²) < 4.78 is 6.16. The highest BCUT2D eigenvalue weighted by molar-refractivity contribution is 8.00. The van der Waals surface area contributed by atoms with Crippen LogP contribution in [0.15, 0.2) is 22.5 Å². The van der Waals surface area contributed by atoms with Crippen LogP contribution in [0.5, 0.6) is 5.75 Å². The van der Waals surface area contributed by atoms with Crippen molar-refractivity contribution >= 4 is 40.7 Å². The molecule has 21 heavy (non-hydrogen) atoms. The molecule has 4 nitrogen and oxygen atoms in total. The van der Waals surface area contributed by atoms with E-state index >= 15 is 0 Å². The summed E-state index contributed by atoms with van der Waals surface area (Å²) >= 11 is 8.97. The van der Waals surface area contributed by atoms with E-state index in [1.807, 2.05) is 19.1 Å². The van der Waals surface area contributed by atoms with Crippen molar-refractivity contribution in [2.45, 2.75) is 23.4 Å². The van der Waals surface area contributed by atoms with Gasteiger partial charge in [0.1, 0.15) is 5.75 Å². The quantitative estimate of drug-likeness (QED) is 0.802. The lowest BCUT2D eigenvalue weighted by atomic mass is 10.2. The molecule has 0 atom stereocenters. The second-order valence-corrected chi connectivity index (χ2v) is 7.05. The van der Waals surface area contributed by atoms with E-state index in [4.69, 9.17) is 21.4 Å². The molecule has 1 aromatic heterocycles. The van der Waals surface area contributed by atoms with Gasteiger partial charge in [0.15, 0.2) is 4.34 Å². The van der Waals surface area contributed by atoms with Gasteiger partial charge >= 0.3 is 5.97 Å². The predicted molar refractivity (Wildman–Crippen MR) is 85.8 cm³/mol. The largest absolute Gasteiger partial charge is 0.496 e. The van der Waals surface area contributed by atoms with Crippen molar-refractivity contribution in [3.63, 3.8) is 0 Å². The zero-order chi connectivity index (χ0) is 15.4. The molecular formula is C14H14ClNO3S2. The maximum absolute atomic E-state index is 10.8. The lowest BCUT2D eigenvalue weighted by molar-refractivity contribution is -0.136. The number of thiazole rings is 1. The minimum Gasteiger partial charge on any atom is -0.496 e. The van der Waals surface area contributed by atoms with Gasteiger partial charge in [-0.1, -0.05) is 23.4 Å². The highest BCUT2D eigenvalue weighted by atomic mass is 35.5. The Morgan fingerprint density at radius 1 is 1.52 bits per heavy atom. The predicted octanol–water partition coefficient (Wildman–Crippen LogP) is 4.03. The first kappa shape index (κ1) is 16.1. The van der Waals surface area contributed by atoms with Crippen LogP contribution < -0.4 is 4.74 Å². The number of carboxylic acid groups (broad SMARTS) is 1. The van der Waals surface area contributed by atoms with E-state index in [2.05, 4.69) is 4.98 Å². The number of carboxylic acids is 1. The average Bonchev–Trinajstić information content (AvgIpc) is 2.76. The van der Waals surface area contributed by atoms with Gasteiger partial charge in [0.05, 0.1) is 19.2 Å². The van der Waals surface area contributed by atoms with E-state index in [0.717, 1.165) is 26.2 Å². The standard InChI is InChI=1S/C14H14ClNO3S2/c1-8-12(6-13(17)18)21-14(16-8)20-7-9-5-10(15)3-4-11(9)19-2/h3-5H,6-7H2,1-2H3,(H,17,18). The first-order chi connectivity index (χ1) is 9.99. The lowest BCUT2D eigenvalue weighted by Crippen LogP contribution is -1.99. The normalized spacial score (nSPS) is 10.6. The second-order valence-electron chi connectivity index (χ2n) is 4.30. The number of halogens is 1. The molecule has 0 fully saturated rings. The molecule has 2 rings (SSSR count). The number of aryl methyl sites for hydroxylation is 1. The molecule has 7 heteroatoms. The molecule has 0 spiro atoms. The van der Waals surface area contributed by atoms with Crippen LogP contribution in [0.25, 0.3) is 0 Å². The fraction of sp³-hybridized carbons (Fsp3) is 0.286. The Kier molecular flexibility index (Phi) is 5.50. The van der Waals surface area contributed by atoms with Gasteiger partial charge < -0.3 is 9.84 Å². The molecule has 0 aliphatic carbocycles. The van der Waals surface area contributed by atoms with Crippen molar-refractivity contribution in [2.24, 2.45) is 0 Å². The van der Waals surface area contributed by atoms with Crippen LogP contribution in [0.4, 0.5) is 0 Å². The van der Waals surface area contributed by atoms with E-state index in [0.29, 0.717) is 10.8 Å². The average molecular weight is 344 g/mol. The van der Waals surface area contributed by atoms with Crippen LogP contribution in [0.3, 0.4) is 0 Å². The Labute approximate surface area is 136 Å². The van der Waals surface area contributed by atoms with E-state index < -0.39 is 5.97 Å². The Bertz CT molecular complexity index is 658. The summed E-state index contributed by atoms with van der Waals surface area (Å²) in [6.45, 7) is 1.83. The first-order valence-corrected chi connectivity index (χ1v) is 8.31. The number of hydrogen-bond acceptors (Lipinski definition) is 5. The van der Waals surface area contributed by atoms with Crippen LogP contribution in [0.1, 0.15) is 16.1 Å². The molecule has 0 bridgehead atoms. The molecule has 0 aliphatic heterocycles. The number of benzene rings is 1. The van der Waals surface area contributed by atoms with E-state index in [1.54, 1.807) is 24.9 Å². The first-order valence-electron chi connectivity index (χ1n) is 6.13. The van der Waals surface area contributed by atoms with Crippen molar-refractivity contribution in [1.82, 2.24) is 4.98 Å². The minimum atomic E-state index is -0.838. The van der Waals surface area contributed by atoms with Gasteiger partial charge in [-0.25, -0.2) is 4.98 Å². The van der Waals surface area contributed by atoms with Crippen molar-refractivity contribution in [1.29, 1.82) is 0 Å². The summed E-state index contributed by atoms with van der Waals surface area (Å²) in [7, 11) is 1.62. The number of nitrogens with zero attached hydrogens (tertiary/aromatic N) is 1. The Balaban J connectivity index is 2.10. The Morgan fingerprint density at radius 3 is 2.95 bits per heavy atom. The summed E-state index contributed by atoms with van der Waals surface area (Å²) in [5.41, 5.74) is 1.77. The summed E-state index contributed by atoms with van der Waals surface area (Å²) in [4.78, 5) is 16.0. The fourth-order valence-corrected chi connectivity index (χ4v) is 4.16. The van der Waals surface area contributed by atoms with Crippen LogP contribution in [0.2, 0.25) is 5.02 Å². The molecule has 0 amide bonds. The molecule has 1 N–H and O–H groups in total. The summed E-state index contributed by atoms with van der Waals surface area (Å²) in [6, 6.07) is 5.49. The Hall–Kier alpha value is -1.24. The van der Waals surface area contributed by atoms with Crippen LogP contribution in [-0.2, 0) is 17.0 Å². The summed E-state index contributed by atoms with van der Waals surface area (Å²) in [6.07, 6.45) is 0.0184. The van der Waals surface area contributed by atoms with E-state index in [9.17, 15) is 4.79 Å². The van der Waals surface area contributed by atoms with Crippen molar-refractivity contribution < 1.29 is 14.6 Å². The number of rotatable bonds is 6. The number of aliphatic carboxylic acids is 1. The van der Waals surface area contributed by atoms with E-state index in [1.165, 1.54) is 11.3 Å². The molecule has 0 aliphatic rings. The maximum atomic E-state index is 10.8. The molecule has 0 saturated carbocycles. The van der Waals surface area contributed by atoms with Crippen LogP contribution in [0, 0.1) is 6.92 Å². The van der Waals surface area contributed by atoms with Gasteiger partial charge in [-0.15, -0.1) is 11.3 Å². The molecule has 1 heterocycles. The zero-order valence-corrected chi connectivity index (χ0v) is 13.9. The fourth-order valence-electron chi connectivity index (χ4n) is 1.76. The minimum absolute atomic E-state index is 0.0184. The number of carbonyl (C=O) groups is 1. The third-order valence-electron chi connectivity index (χ3n) is 2.78. The number of methoxy groups -OCH3 is 1. The summed E-state index contributed by atoms with van der Waals surface area (Å²) in [5.74, 6) is 0.615. The molecule has 1 aromatic carbocycles. The van der Waals surface area contributed by atoms with Crippen molar-refractivity contribution in [3.8, 4) is 5.75 Å². The SMILES string of the molecule is COc1ccc(Cl)cc1CSc1nc(C)c(CC(=O)O)s1. The number of thioether (sulfide) groups is 1. The third-order valence-corrected chi connectivity index (χ3v) is 5.36. The number of ether oxygens (including phenoxy) is 1. The van der Waals surface area contributed by atoms with Crippen LogP contribution >= 0.6 is 34.7 Å². The highest BCUT2D eigenvalue weighted by Crippen LogP contribution is 2.33. The topological polar surface area (TPSA) is 59.4 Å². The maximum Gasteiger partial charge on any atom is 0.308 e. The van der Waals surface area contributed by atoms with Gasteiger partial charge in [0.25, 0.3) is 0 Å². The Morgan fingerprint density at radius 2 is 2.29 bits per heavy atom. The monoisotopic (exact) mass is 343 g/mol. The third kappa shape index (κ3) is 4.36. The number of hydrogen-bond donors (Lipinski definition) is 1.